The van der Waals surface area contributed by atoms with E-state index in [1.165, 1.54) is 11.1 Å². The SMILES string of the molecule is COc1cccc(C2CCN(Cc3ccc(C#CCO)cc3)C2)c1OC. The third-order valence-corrected chi connectivity index (χ3v) is 4.82. The molecule has 3 rings (SSSR count). The normalized spacial score (nSPS) is 16.8. The minimum atomic E-state index is -0.106. The molecule has 136 valence electrons. The van der Waals surface area contributed by atoms with Crippen molar-refractivity contribution in [3.63, 3.8) is 0 Å². The zero-order valence-electron chi connectivity index (χ0n) is 15.4. The molecule has 1 atom stereocenters. The molecule has 1 N–H and O–H groups in total. The summed E-state index contributed by atoms with van der Waals surface area (Å²) in [7, 11) is 3.38. The van der Waals surface area contributed by atoms with Gasteiger partial charge in [-0.15, -0.1) is 0 Å². The van der Waals surface area contributed by atoms with Crippen LogP contribution in [0.4, 0.5) is 0 Å². The third-order valence-electron chi connectivity index (χ3n) is 4.82. The molecule has 0 aromatic heterocycles. The second-order valence-electron chi connectivity index (χ2n) is 6.46. The zero-order chi connectivity index (χ0) is 18.4. The molecule has 1 fully saturated rings. The first-order valence-corrected chi connectivity index (χ1v) is 8.87. The second kappa shape index (κ2) is 8.75. The number of hydrogen-bond donors (Lipinski definition) is 1. The summed E-state index contributed by atoms with van der Waals surface area (Å²) >= 11 is 0. The van der Waals surface area contributed by atoms with Gasteiger partial charge in [-0.3, -0.25) is 4.90 Å². The van der Waals surface area contributed by atoms with Crippen LogP contribution in [0.1, 0.15) is 29.0 Å². The third kappa shape index (κ3) is 4.19. The Balaban J connectivity index is 1.66. The largest absolute Gasteiger partial charge is 0.493 e. The molecule has 1 aliphatic rings. The fraction of sp³-hybridized carbons (Fsp3) is 0.364. The molecule has 0 bridgehead atoms. The molecule has 1 unspecified atom stereocenters. The van der Waals surface area contributed by atoms with E-state index in [2.05, 4.69) is 34.9 Å². The van der Waals surface area contributed by atoms with E-state index in [0.717, 1.165) is 43.1 Å². The predicted molar refractivity (Wildman–Crippen MR) is 103 cm³/mol. The molecule has 0 saturated carbocycles. The molecule has 0 amide bonds. The molecular weight excluding hydrogens is 326 g/mol. The molecule has 1 aliphatic heterocycles. The van der Waals surface area contributed by atoms with Crippen LogP contribution in [0, 0.1) is 11.8 Å². The summed E-state index contributed by atoms with van der Waals surface area (Å²) in [6.07, 6.45) is 1.11. The van der Waals surface area contributed by atoms with Crippen LogP contribution in [0.2, 0.25) is 0 Å². The minimum absolute atomic E-state index is 0.106. The monoisotopic (exact) mass is 351 g/mol. The van der Waals surface area contributed by atoms with E-state index in [1.54, 1.807) is 14.2 Å². The van der Waals surface area contributed by atoms with Gasteiger partial charge in [0.05, 0.1) is 14.2 Å². The summed E-state index contributed by atoms with van der Waals surface area (Å²) in [6, 6.07) is 14.4. The minimum Gasteiger partial charge on any atom is -0.493 e. The van der Waals surface area contributed by atoms with Gasteiger partial charge >= 0.3 is 0 Å². The highest BCUT2D eigenvalue weighted by molar-refractivity contribution is 5.48. The van der Waals surface area contributed by atoms with Crippen LogP contribution in [-0.2, 0) is 6.54 Å². The fourth-order valence-corrected chi connectivity index (χ4v) is 3.56. The topological polar surface area (TPSA) is 41.9 Å². The molecule has 1 heterocycles. The maximum Gasteiger partial charge on any atom is 0.164 e. The van der Waals surface area contributed by atoms with Gasteiger partial charge in [0.1, 0.15) is 6.61 Å². The summed E-state index contributed by atoms with van der Waals surface area (Å²) in [5, 5.41) is 8.76. The molecule has 0 aliphatic carbocycles. The van der Waals surface area contributed by atoms with E-state index in [0.29, 0.717) is 5.92 Å². The molecule has 26 heavy (non-hydrogen) atoms. The molecular formula is C22H25NO3. The number of benzene rings is 2. The highest BCUT2D eigenvalue weighted by atomic mass is 16.5. The van der Waals surface area contributed by atoms with Gasteiger partial charge in [0.15, 0.2) is 11.5 Å². The van der Waals surface area contributed by atoms with Gasteiger partial charge < -0.3 is 14.6 Å². The van der Waals surface area contributed by atoms with Crippen molar-refractivity contribution >= 4 is 0 Å². The number of hydrogen-bond acceptors (Lipinski definition) is 4. The van der Waals surface area contributed by atoms with E-state index < -0.39 is 0 Å². The summed E-state index contributed by atoms with van der Waals surface area (Å²) in [5.41, 5.74) is 3.44. The standard InChI is InChI=1S/C22H25NO3/c1-25-21-7-3-6-20(22(21)26-2)19-12-13-23(16-19)15-18-10-8-17(9-11-18)5-4-14-24/h3,6-11,19,24H,12-16H2,1-2H3. The van der Waals surface area contributed by atoms with Crippen LogP contribution in [0.15, 0.2) is 42.5 Å². The van der Waals surface area contributed by atoms with Gasteiger partial charge in [0.2, 0.25) is 0 Å². The van der Waals surface area contributed by atoms with Crippen LogP contribution in [0.5, 0.6) is 11.5 Å². The summed E-state index contributed by atoms with van der Waals surface area (Å²) in [6.45, 7) is 2.90. The lowest BCUT2D eigenvalue weighted by atomic mass is 9.97. The second-order valence-corrected chi connectivity index (χ2v) is 6.46. The molecule has 1 saturated heterocycles. The molecule has 4 nitrogen and oxygen atoms in total. The van der Waals surface area contributed by atoms with E-state index in [4.69, 9.17) is 14.6 Å². The van der Waals surface area contributed by atoms with Crippen molar-refractivity contribution in [2.45, 2.75) is 18.9 Å². The smallest absolute Gasteiger partial charge is 0.164 e. The van der Waals surface area contributed by atoms with Crippen molar-refractivity contribution < 1.29 is 14.6 Å². The van der Waals surface area contributed by atoms with Crippen LogP contribution in [0.3, 0.4) is 0 Å². The van der Waals surface area contributed by atoms with E-state index in [9.17, 15) is 0 Å². The van der Waals surface area contributed by atoms with Crippen molar-refractivity contribution in [2.75, 3.05) is 33.9 Å². The molecule has 0 spiro atoms. The van der Waals surface area contributed by atoms with E-state index in [-0.39, 0.29) is 6.61 Å². The van der Waals surface area contributed by atoms with Crippen LogP contribution in [-0.4, -0.2) is 43.9 Å². The lowest BCUT2D eigenvalue weighted by Gasteiger charge is -2.19. The Labute approximate surface area is 155 Å². The van der Waals surface area contributed by atoms with Gasteiger partial charge in [-0.05, 0) is 36.7 Å². The van der Waals surface area contributed by atoms with Gasteiger partial charge in [0.25, 0.3) is 0 Å². The highest BCUT2D eigenvalue weighted by Crippen LogP contribution is 2.39. The van der Waals surface area contributed by atoms with Crippen molar-refractivity contribution in [1.29, 1.82) is 0 Å². The maximum absolute atomic E-state index is 8.76. The zero-order valence-corrected chi connectivity index (χ0v) is 15.4. The van der Waals surface area contributed by atoms with Crippen LogP contribution in [0.25, 0.3) is 0 Å². The first-order chi connectivity index (χ1) is 12.7. The van der Waals surface area contributed by atoms with Crippen molar-refractivity contribution in [3.05, 3.63) is 59.2 Å². The lowest BCUT2D eigenvalue weighted by molar-refractivity contribution is 0.323. The number of rotatable bonds is 5. The number of para-hydroxylation sites is 1. The number of likely N-dealkylation sites (tertiary alicyclic amines) is 1. The number of nitrogens with zero attached hydrogens (tertiary/aromatic N) is 1. The number of aliphatic hydroxyl groups is 1. The molecule has 0 radical (unpaired) electrons. The van der Waals surface area contributed by atoms with Gasteiger partial charge in [-0.25, -0.2) is 0 Å². The first kappa shape index (κ1) is 18.3. The average Bonchev–Trinajstić information content (AvgIpc) is 3.15. The molecule has 2 aromatic rings. The quantitative estimate of drug-likeness (QED) is 0.841. The predicted octanol–water partition coefficient (Wildman–Crippen LogP) is 3.04. The Morgan fingerprint density at radius 2 is 1.92 bits per heavy atom. The Morgan fingerprint density at radius 3 is 2.62 bits per heavy atom. The van der Waals surface area contributed by atoms with E-state index in [1.807, 2.05) is 24.3 Å². The van der Waals surface area contributed by atoms with Crippen LogP contribution < -0.4 is 9.47 Å². The Bertz CT molecular complexity index is 789. The lowest BCUT2D eigenvalue weighted by Crippen LogP contribution is -2.19. The van der Waals surface area contributed by atoms with Gasteiger partial charge in [-0.1, -0.05) is 36.1 Å². The van der Waals surface area contributed by atoms with Crippen molar-refractivity contribution in [1.82, 2.24) is 4.90 Å². The fourth-order valence-electron chi connectivity index (χ4n) is 3.56. The summed E-state index contributed by atoms with van der Waals surface area (Å²) < 4.78 is 11.0. The van der Waals surface area contributed by atoms with Crippen molar-refractivity contribution in [3.8, 4) is 23.3 Å². The number of aliphatic hydroxyl groups excluding tert-OH is 1. The Hall–Kier alpha value is -2.48. The van der Waals surface area contributed by atoms with E-state index >= 15 is 0 Å². The highest BCUT2D eigenvalue weighted by Gasteiger charge is 2.27. The summed E-state index contributed by atoms with van der Waals surface area (Å²) in [4.78, 5) is 2.47. The molecule has 4 heteroatoms. The number of ether oxygens (including phenoxy) is 2. The average molecular weight is 351 g/mol. The number of methoxy groups -OCH3 is 2. The van der Waals surface area contributed by atoms with Gasteiger partial charge in [-0.2, -0.15) is 0 Å². The van der Waals surface area contributed by atoms with Crippen LogP contribution >= 0.6 is 0 Å². The first-order valence-electron chi connectivity index (χ1n) is 8.87. The molecule has 2 aromatic carbocycles. The van der Waals surface area contributed by atoms with Gasteiger partial charge in [0, 0.05) is 30.1 Å². The van der Waals surface area contributed by atoms with Crippen molar-refractivity contribution in [2.24, 2.45) is 0 Å². The summed E-state index contributed by atoms with van der Waals surface area (Å²) in [5.74, 6) is 7.71. The maximum atomic E-state index is 8.76. The Kier molecular flexibility index (Phi) is 6.17. The Morgan fingerprint density at radius 1 is 1.12 bits per heavy atom.